The molecular weight excluding hydrogens is 322 g/mol. The predicted octanol–water partition coefficient (Wildman–Crippen LogP) is 4.75. The highest BCUT2D eigenvalue weighted by Gasteiger charge is 2.41. The lowest BCUT2D eigenvalue weighted by atomic mass is 9.84. The van der Waals surface area contributed by atoms with Gasteiger partial charge in [0.15, 0.2) is 0 Å². The first-order valence-electron chi connectivity index (χ1n) is 9.21. The minimum absolute atomic E-state index is 0.154. The van der Waals surface area contributed by atoms with E-state index in [0.29, 0.717) is 30.0 Å². The summed E-state index contributed by atoms with van der Waals surface area (Å²) in [5.74, 6) is 3.47. The van der Waals surface area contributed by atoms with Crippen molar-refractivity contribution in [1.29, 1.82) is 0 Å². The average Bonchev–Trinajstić information content (AvgIpc) is 3.16. The van der Waals surface area contributed by atoms with Crippen LogP contribution in [0.1, 0.15) is 51.0 Å². The third kappa shape index (κ3) is 4.24. The molecule has 24 heavy (non-hydrogen) atoms. The lowest BCUT2D eigenvalue weighted by molar-refractivity contribution is -0.122. The van der Waals surface area contributed by atoms with Crippen LogP contribution in [0.2, 0.25) is 5.02 Å². The molecule has 1 amide bonds. The van der Waals surface area contributed by atoms with E-state index in [2.05, 4.69) is 12.2 Å². The zero-order chi connectivity index (χ0) is 17.1. The van der Waals surface area contributed by atoms with Crippen molar-refractivity contribution in [3.63, 3.8) is 0 Å². The van der Waals surface area contributed by atoms with Crippen LogP contribution in [0, 0.1) is 24.7 Å². The summed E-state index contributed by atoms with van der Waals surface area (Å²) in [5, 5.41) is 3.93. The highest BCUT2D eigenvalue weighted by Crippen LogP contribution is 2.49. The van der Waals surface area contributed by atoms with E-state index in [1.807, 2.05) is 25.1 Å². The molecule has 2 saturated carbocycles. The van der Waals surface area contributed by atoms with Crippen LogP contribution >= 0.6 is 11.6 Å². The van der Waals surface area contributed by atoms with Crippen LogP contribution in [0.5, 0.6) is 5.75 Å². The molecule has 0 radical (unpaired) electrons. The standard InChI is InChI=1S/C20H28ClNO2/c1-13-10-17(21)7-8-19(13)24-9-3-4-20(23)22-14(2)18-12-15-5-6-16(18)11-15/h7-8,10,14-16,18H,3-6,9,11-12H2,1-2H3,(H,22,23)/t14-,15+,16+,18-/m0/s1. The van der Waals surface area contributed by atoms with Crippen LogP contribution in [-0.4, -0.2) is 18.6 Å². The molecule has 4 heteroatoms. The van der Waals surface area contributed by atoms with E-state index in [1.165, 1.54) is 25.7 Å². The number of halogens is 1. The Hall–Kier alpha value is -1.22. The molecule has 1 aromatic rings. The molecule has 2 bridgehead atoms. The first-order chi connectivity index (χ1) is 11.5. The van der Waals surface area contributed by atoms with E-state index in [1.54, 1.807) is 0 Å². The molecule has 0 heterocycles. The summed E-state index contributed by atoms with van der Waals surface area (Å²) < 4.78 is 5.75. The van der Waals surface area contributed by atoms with E-state index in [0.717, 1.165) is 29.6 Å². The summed E-state index contributed by atoms with van der Waals surface area (Å²) >= 11 is 5.94. The maximum absolute atomic E-state index is 12.2. The molecule has 0 spiro atoms. The fraction of sp³-hybridized carbons (Fsp3) is 0.650. The molecule has 0 saturated heterocycles. The Balaban J connectivity index is 1.35. The summed E-state index contributed by atoms with van der Waals surface area (Å²) in [5.41, 5.74) is 1.02. The molecular formula is C20H28ClNO2. The molecule has 2 aliphatic carbocycles. The van der Waals surface area contributed by atoms with Gasteiger partial charge in [-0.3, -0.25) is 4.79 Å². The number of rotatable bonds is 7. The van der Waals surface area contributed by atoms with Gasteiger partial charge in [-0.15, -0.1) is 0 Å². The van der Waals surface area contributed by atoms with Crippen molar-refractivity contribution < 1.29 is 9.53 Å². The summed E-state index contributed by atoms with van der Waals surface area (Å²) in [6.07, 6.45) is 6.73. The highest BCUT2D eigenvalue weighted by atomic mass is 35.5. The van der Waals surface area contributed by atoms with Crippen molar-refractivity contribution in [3.8, 4) is 5.75 Å². The van der Waals surface area contributed by atoms with Crippen LogP contribution in [0.25, 0.3) is 0 Å². The van der Waals surface area contributed by atoms with Gasteiger partial charge in [0.1, 0.15) is 5.75 Å². The molecule has 1 N–H and O–H groups in total. The summed E-state index contributed by atoms with van der Waals surface area (Å²) in [7, 11) is 0. The molecule has 1 aromatic carbocycles. The van der Waals surface area contributed by atoms with Crippen LogP contribution in [-0.2, 0) is 4.79 Å². The third-order valence-corrected chi connectivity index (χ3v) is 6.00. The fourth-order valence-corrected chi connectivity index (χ4v) is 4.76. The summed E-state index contributed by atoms with van der Waals surface area (Å²) in [4.78, 5) is 12.2. The molecule has 0 aromatic heterocycles. The van der Waals surface area contributed by atoms with E-state index in [9.17, 15) is 4.79 Å². The topological polar surface area (TPSA) is 38.3 Å². The van der Waals surface area contributed by atoms with Gasteiger partial charge in [-0.2, -0.15) is 0 Å². The number of nitrogens with one attached hydrogen (secondary N) is 1. The molecule has 0 aliphatic heterocycles. The average molecular weight is 350 g/mol. The van der Waals surface area contributed by atoms with Crippen LogP contribution in [0.15, 0.2) is 18.2 Å². The van der Waals surface area contributed by atoms with Gasteiger partial charge in [0, 0.05) is 17.5 Å². The number of aryl methyl sites for hydroxylation is 1. The van der Waals surface area contributed by atoms with Gasteiger partial charge in [0.2, 0.25) is 5.91 Å². The lowest BCUT2D eigenvalue weighted by Crippen LogP contribution is -2.40. The molecule has 3 rings (SSSR count). The Kier molecular flexibility index (Phi) is 5.70. The third-order valence-electron chi connectivity index (χ3n) is 5.77. The Morgan fingerprint density at radius 3 is 2.88 bits per heavy atom. The molecule has 2 fully saturated rings. The first kappa shape index (κ1) is 17.6. The number of hydrogen-bond acceptors (Lipinski definition) is 2. The monoisotopic (exact) mass is 349 g/mol. The van der Waals surface area contributed by atoms with Crippen molar-refractivity contribution in [3.05, 3.63) is 28.8 Å². The van der Waals surface area contributed by atoms with E-state index < -0.39 is 0 Å². The number of carbonyl (C=O) groups excluding carboxylic acids is 1. The lowest BCUT2D eigenvalue weighted by Gasteiger charge is -2.28. The zero-order valence-corrected chi connectivity index (χ0v) is 15.4. The minimum Gasteiger partial charge on any atom is -0.493 e. The Bertz CT molecular complexity index is 589. The summed E-state index contributed by atoms with van der Waals surface area (Å²) in [6.45, 7) is 4.71. The van der Waals surface area contributed by atoms with Gasteiger partial charge >= 0.3 is 0 Å². The number of hydrogen-bond donors (Lipinski definition) is 1. The van der Waals surface area contributed by atoms with Gasteiger partial charge < -0.3 is 10.1 Å². The van der Waals surface area contributed by atoms with Crippen LogP contribution in [0.4, 0.5) is 0 Å². The molecule has 4 atom stereocenters. The van der Waals surface area contributed by atoms with Crippen molar-refractivity contribution >= 4 is 17.5 Å². The molecule has 2 aliphatic rings. The van der Waals surface area contributed by atoms with Gasteiger partial charge in [-0.05, 0) is 81.0 Å². The van der Waals surface area contributed by atoms with Crippen LogP contribution < -0.4 is 10.1 Å². The largest absolute Gasteiger partial charge is 0.493 e. The normalized spacial score (nSPS) is 26.4. The van der Waals surface area contributed by atoms with Crippen LogP contribution in [0.3, 0.4) is 0 Å². The van der Waals surface area contributed by atoms with Gasteiger partial charge in [0.05, 0.1) is 6.61 Å². The van der Waals surface area contributed by atoms with Crippen molar-refractivity contribution in [2.45, 2.75) is 58.4 Å². The number of carbonyl (C=O) groups is 1. The zero-order valence-electron chi connectivity index (χ0n) is 14.7. The van der Waals surface area contributed by atoms with Gasteiger partial charge in [-0.1, -0.05) is 18.0 Å². The number of ether oxygens (including phenoxy) is 1. The van der Waals surface area contributed by atoms with Crippen molar-refractivity contribution in [1.82, 2.24) is 5.32 Å². The number of amides is 1. The quantitative estimate of drug-likeness (QED) is 0.721. The van der Waals surface area contributed by atoms with E-state index >= 15 is 0 Å². The van der Waals surface area contributed by atoms with Gasteiger partial charge in [0.25, 0.3) is 0 Å². The smallest absolute Gasteiger partial charge is 0.220 e. The Labute approximate surface area is 150 Å². The second-order valence-electron chi connectivity index (χ2n) is 7.56. The highest BCUT2D eigenvalue weighted by molar-refractivity contribution is 6.30. The molecule has 132 valence electrons. The molecule has 3 nitrogen and oxygen atoms in total. The fourth-order valence-electron chi connectivity index (χ4n) is 4.53. The maximum atomic E-state index is 12.2. The maximum Gasteiger partial charge on any atom is 0.220 e. The van der Waals surface area contributed by atoms with E-state index in [4.69, 9.17) is 16.3 Å². The van der Waals surface area contributed by atoms with E-state index in [-0.39, 0.29) is 5.91 Å². The Morgan fingerprint density at radius 1 is 1.38 bits per heavy atom. The summed E-state index contributed by atoms with van der Waals surface area (Å²) in [6, 6.07) is 5.91. The minimum atomic E-state index is 0.154. The number of fused-ring (bicyclic) bond motifs is 2. The van der Waals surface area contributed by atoms with Crippen molar-refractivity contribution in [2.75, 3.05) is 6.61 Å². The second kappa shape index (κ2) is 7.77. The predicted molar refractivity (Wildman–Crippen MR) is 97.5 cm³/mol. The SMILES string of the molecule is Cc1cc(Cl)ccc1OCCCC(=O)N[C@@H](C)[C@@H]1C[C@@H]2CC[C@@H]1C2. The first-order valence-corrected chi connectivity index (χ1v) is 9.59. The Morgan fingerprint density at radius 2 is 2.21 bits per heavy atom. The molecule has 0 unspecified atom stereocenters. The second-order valence-corrected chi connectivity index (χ2v) is 7.99. The number of benzene rings is 1. The van der Waals surface area contributed by atoms with Crippen molar-refractivity contribution in [2.24, 2.45) is 17.8 Å². The van der Waals surface area contributed by atoms with Gasteiger partial charge in [-0.25, -0.2) is 0 Å².